The normalized spacial score (nSPS) is 21.0. The van der Waals surface area contributed by atoms with E-state index in [1.54, 1.807) is 13.0 Å². The summed E-state index contributed by atoms with van der Waals surface area (Å²) in [6.07, 6.45) is 4.81. The molecule has 0 aromatic heterocycles. The molecule has 0 amide bonds. The lowest BCUT2D eigenvalue weighted by atomic mass is 9.78. The summed E-state index contributed by atoms with van der Waals surface area (Å²) in [7, 11) is 0. The molecule has 1 atom stereocenters. The number of halogens is 1. The Morgan fingerprint density at radius 3 is 2.50 bits per heavy atom. The predicted molar refractivity (Wildman–Crippen MR) is 64.6 cm³/mol. The SMILES string of the molecule is Cc1ccc(C(N)C2(C)CCCC2)cc1F. The van der Waals surface area contributed by atoms with Crippen LogP contribution in [0.15, 0.2) is 18.2 Å². The van der Waals surface area contributed by atoms with Crippen molar-refractivity contribution in [1.29, 1.82) is 0 Å². The Labute approximate surface area is 96.9 Å². The zero-order valence-electron chi connectivity index (χ0n) is 10.1. The molecule has 0 aliphatic heterocycles. The second-order valence-corrected chi connectivity index (χ2v) is 5.35. The van der Waals surface area contributed by atoms with Gasteiger partial charge in [0.2, 0.25) is 0 Å². The van der Waals surface area contributed by atoms with E-state index < -0.39 is 0 Å². The van der Waals surface area contributed by atoms with Gasteiger partial charge in [-0.15, -0.1) is 0 Å². The highest BCUT2D eigenvalue weighted by atomic mass is 19.1. The van der Waals surface area contributed by atoms with E-state index in [0.717, 1.165) is 18.4 Å². The number of benzene rings is 1. The van der Waals surface area contributed by atoms with Gasteiger partial charge < -0.3 is 5.73 Å². The van der Waals surface area contributed by atoms with E-state index in [-0.39, 0.29) is 17.3 Å². The van der Waals surface area contributed by atoms with Gasteiger partial charge in [-0.2, -0.15) is 0 Å². The molecule has 1 aromatic rings. The summed E-state index contributed by atoms with van der Waals surface area (Å²) in [6, 6.07) is 5.35. The second-order valence-electron chi connectivity index (χ2n) is 5.35. The highest BCUT2D eigenvalue weighted by Gasteiger charge is 2.35. The molecule has 2 heteroatoms. The van der Waals surface area contributed by atoms with Gasteiger partial charge in [0.25, 0.3) is 0 Å². The molecule has 0 heterocycles. The highest BCUT2D eigenvalue weighted by Crippen LogP contribution is 2.45. The van der Waals surface area contributed by atoms with Gasteiger partial charge in [-0.3, -0.25) is 0 Å². The van der Waals surface area contributed by atoms with Crippen molar-refractivity contribution in [3.63, 3.8) is 0 Å². The third kappa shape index (κ3) is 1.99. The minimum Gasteiger partial charge on any atom is -0.323 e. The summed E-state index contributed by atoms with van der Waals surface area (Å²) in [5.41, 5.74) is 8.07. The van der Waals surface area contributed by atoms with Crippen LogP contribution in [0.1, 0.15) is 49.8 Å². The largest absolute Gasteiger partial charge is 0.323 e. The number of hydrogen-bond acceptors (Lipinski definition) is 1. The first kappa shape index (κ1) is 11.6. The molecule has 16 heavy (non-hydrogen) atoms. The Bertz CT molecular complexity index is 380. The average molecular weight is 221 g/mol. The first-order valence-corrected chi connectivity index (χ1v) is 6.04. The minimum absolute atomic E-state index is 0.0369. The fourth-order valence-electron chi connectivity index (χ4n) is 2.70. The predicted octanol–water partition coefficient (Wildman–Crippen LogP) is 3.71. The van der Waals surface area contributed by atoms with Crippen LogP contribution in [0.25, 0.3) is 0 Å². The van der Waals surface area contributed by atoms with Crippen molar-refractivity contribution in [2.45, 2.75) is 45.6 Å². The van der Waals surface area contributed by atoms with E-state index in [4.69, 9.17) is 5.73 Å². The maximum Gasteiger partial charge on any atom is 0.126 e. The lowest BCUT2D eigenvalue weighted by Crippen LogP contribution is -2.29. The van der Waals surface area contributed by atoms with Crippen LogP contribution in [-0.4, -0.2) is 0 Å². The molecule has 1 fully saturated rings. The Kier molecular flexibility index (Phi) is 3.02. The van der Waals surface area contributed by atoms with E-state index in [1.807, 2.05) is 12.1 Å². The summed E-state index contributed by atoms with van der Waals surface area (Å²) in [4.78, 5) is 0. The second kappa shape index (κ2) is 4.17. The summed E-state index contributed by atoms with van der Waals surface area (Å²) in [6.45, 7) is 4.00. The summed E-state index contributed by atoms with van der Waals surface area (Å²) in [5.74, 6) is -0.144. The van der Waals surface area contributed by atoms with Gasteiger partial charge in [0, 0.05) is 6.04 Å². The molecule has 0 radical (unpaired) electrons. The third-order valence-electron chi connectivity index (χ3n) is 4.05. The van der Waals surface area contributed by atoms with Crippen LogP contribution >= 0.6 is 0 Å². The number of hydrogen-bond donors (Lipinski definition) is 1. The molecule has 0 bridgehead atoms. The van der Waals surface area contributed by atoms with Crippen molar-refractivity contribution in [1.82, 2.24) is 0 Å². The first-order valence-electron chi connectivity index (χ1n) is 6.04. The van der Waals surface area contributed by atoms with Gasteiger partial charge in [-0.1, -0.05) is 31.9 Å². The third-order valence-corrected chi connectivity index (χ3v) is 4.05. The fourth-order valence-corrected chi connectivity index (χ4v) is 2.70. The summed E-state index contributed by atoms with van der Waals surface area (Å²) in [5, 5.41) is 0. The number of rotatable bonds is 2. The van der Waals surface area contributed by atoms with Crippen molar-refractivity contribution in [2.75, 3.05) is 0 Å². The van der Waals surface area contributed by atoms with E-state index in [0.29, 0.717) is 5.56 Å². The van der Waals surface area contributed by atoms with Crippen LogP contribution in [0.4, 0.5) is 4.39 Å². The zero-order valence-corrected chi connectivity index (χ0v) is 10.1. The summed E-state index contributed by atoms with van der Waals surface area (Å²) >= 11 is 0. The lowest BCUT2D eigenvalue weighted by molar-refractivity contribution is 0.265. The fraction of sp³-hybridized carbons (Fsp3) is 0.571. The molecule has 1 aliphatic rings. The average Bonchev–Trinajstić information content (AvgIpc) is 2.70. The molecular weight excluding hydrogens is 201 g/mol. The Balaban J connectivity index is 2.26. The first-order chi connectivity index (χ1) is 7.53. The van der Waals surface area contributed by atoms with Crippen LogP contribution in [0.2, 0.25) is 0 Å². The minimum atomic E-state index is -0.144. The van der Waals surface area contributed by atoms with Crippen LogP contribution in [0.3, 0.4) is 0 Å². The van der Waals surface area contributed by atoms with Gasteiger partial charge in [0.15, 0.2) is 0 Å². The molecular formula is C14H20FN. The number of aryl methyl sites for hydroxylation is 1. The maximum atomic E-state index is 13.5. The van der Waals surface area contributed by atoms with Crippen molar-refractivity contribution in [2.24, 2.45) is 11.1 Å². The molecule has 1 unspecified atom stereocenters. The monoisotopic (exact) mass is 221 g/mol. The molecule has 1 aliphatic carbocycles. The van der Waals surface area contributed by atoms with Gasteiger partial charge in [-0.25, -0.2) is 4.39 Å². The molecule has 1 saturated carbocycles. The topological polar surface area (TPSA) is 26.0 Å². The molecule has 1 nitrogen and oxygen atoms in total. The van der Waals surface area contributed by atoms with Crippen LogP contribution in [-0.2, 0) is 0 Å². The molecule has 2 N–H and O–H groups in total. The molecule has 88 valence electrons. The van der Waals surface area contributed by atoms with Gasteiger partial charge in [0.1, 0.15) is 5.82 Å². The Morgan fingerprint density at radius 2 is 1.94 bits per heavy atom. The number of nitrogens with two attached hydrogens (primary N) is 1. The van der Waals surface area contributed by atoms with Gasteiger partial charge >= 0.3 is 0 Å². The maximum absolute atomic E-state index is 13.5. The molecule has 1 aromatic carbocycles. The molecule has 2 rings (SSSR count). The van der Waals surface area contributed by atoms with Crippen molar-refractivity contribution < 1.29 is 4.39 Å². The van der Waals surface area contributed by atoms with Gasteiger partial charge in [-0.05, 0) is 42.4 Å². The van der Waals surface area contributed by atoms with Crippen molar-refractivity contribution >= 4 is 0 Å². The Morgan fingerprint density at radius 1 is 1.31 bits per heavy atom. The van der Waals surface area contributed by atoms with Crippen molar-refractivity contribution in [3.05, 3.63) is 35.1 Å². The lowest BCUT2D eigenvalue weighted by Gasteiger charge is -2.31. The van der Waals surface area contributed by atoms with Crippen molar-refractivity contribution in [3.8, 4) is 0 Å². The van der Waals surface area contributed by atoms with E-state index in [9.17, 15) is 4.39 Å². The smallest absolute Gasteiger partial charge is 0.126 e. The summed E-state index contributed by atoms with van der Waals surface area (Å²) < 4.78 is 13.5. The zero-order chi connectivity index (χ0) is 11.8. The molecule has 0 saturated heterocycles. The quantitative estimate of drug-likeness (QED) is 0.809. The standard InChI is InChI=1S/C14H20FN/c1-10-5-6-11(9-12(10)15)13(16)14(2)7-3-4-8-14/h5-6,9,13H,3-4,7-8,16H2,1-2H3. The Hall–Kier alpha value is -0.890. The van der Waals surface area contributed by atoms with E-state index >= 15 is 0 Å². The van der Waals surface area contributed by atoms with Crippen LogP contribution in [0.5, 0.6) is 0 Å². The van der Waals surface area contributed by atoms with Gasteiger partial charge in [0.05, 0.1) is 0 Å². The van der Waals surface area contributed by atoms with Crippen LogP contribution < -0.4 is 5.73 Å². The van der Waals surface area contributed by atoms with E-state index in [2.05, 4.69) is 6.92 Å². The highest BCUT2D eigenvalue weighted by molar-refractivity contribution is 5.27. The molecule has 0 spiro atoms. The van der Waals surface area contributed by atoms with Crippen LogP contribution in [0, 0.1) is 18.2 Å². The van der Waals surface area contributed by atoms with E-state index in [1.165, 1.54) is 12.8 Å².